The molecule has 4 atom stereocenters. The molecule has 3 nitrogen and oxygen atoms in total. The summed E-state index contributed by atoms with van der Waals surface area (Å²) in [6, 6.07) is 0. The fraction of sp³-hybridized carbons (Fsp3) is 0.923. The molecule has 1 aliphatic heterocycles. The molecule has 3 fully saturated rings. The van der Waals surface area contributed by atoms with Crippen LogP contribution in [-0.4, -0.2) is 22.8 Å². The van der Waals surface area contributed by atoms with Gasteiger partial charge >= 0.3 is 5.97 Å². The van der Waals surface area contributed by atoms with Crippen LogP contribution in [0, 0.1) is 16.2 Å². The van der Waals surface area contributed by atoms with Crippen molar-refractivity contribution in [1.29, 1.82) is 0 Å². The zero-order valence-electron chi connectivity index (χ0n) is 10.5. The first kappa shape index (κ1) is 10.6. The first-order chi connectivity index (χ1) is 7.24. The minimum absolute atomic E-state index is 0.0256. The summed E-state index contributed by atoms with van der Waals surface area (Å²) in [5.74, 6) is -0.624. The molecule has 4 unspecified atom stereocenters. The Bertz CT molecular complexity index is 389. The highest BCUT2D eigenvalue weighted by Gasteiger charge is 2.84. The Morgan fingerprint density at radius 1 is 1.31 bits per heavy atom. The molecule has 3 heteroatoms. The molecule has 90 valence electrons. The van der Waals surface area contributed by atoms with Crippen LogP contribution in [0.4, 0.5) is 0 Å². The smallest absolute Gasteiger partial charge is 0.310 e. The summed E-state index contributed by atoms with van der Waals surface area (Å²) < 4.78 is 5.85. The van der Waals surface area contributed by atoms with Crippen LogP contribution in [-0.2, 0) is 9.53 Å². The fourth-order valence-corrected chi connectivity index (χ4v) is 4.81. The lowest BCUT2D eigenvalue weighted by atomic mass is 9.63. The van der Waals surface area contributed by atoms with Gasteiger partial charge in [0.25, 0.3) is 0 Å². The van der Waals surface area contributed by atoms with Gasteiger partial charge in [0, 0.05) is 5.41 Å². The van der Waals surface area contributed by atoms with E-state index in [1.54, 1.807) is 0 Å². The molecule has 0 aromatic heterocycles. The van der Waals surface area contributed by atoms with Gasteiger partial charge in [-0.3, -0.25) is 4.79 Å². The lowest BCUT2D eigenvalue weighted by molar-refractivity contribution is -0.154. The van der Waals surface area contributed by atoms with Crippen molar-refractivity contribution in [3.05, 3.63) is 0 Å². The molecule has 0 aromatic rings. The molecule has 2 bridgehead atoms. The van der Waals surface area contributed by atoms with Crippen molar-refractivity contribution >= 4 is 5.97 Å². The van der Waals surface area contributed by atoms with E-state index >= 15 is 0 Å². The topological polar surface area (TPSA) is 49.8 Å². The SMILES string of the molecule is CC1OC12CC1(C(=O)O)CCC2(C)C1(C)C. The highest BCUT2D eigenvalue weighted by Crippen LogP contribution is 2.81. The number of hydrogen-bond donors (Lipinski definition) is 1. The van der Waals surface area contributed by atoms with Crippen LogP contribution in [0.5, 0.6) is 0 Å². The quantitative estimate of drug-likeness (QED) is 0.696. The summed E-state index contributed by atoms with van der Waals surface area (Å²) in [5.41, 5.74) is -0.853. The predicted octanol–water partition coefficient (Wildman–Crippen LogP) is 2.44. The third kappa shape index (κ3) is 0.700. The van der Waals surface area contributed by atoms with Gasteiger partial charge in [-0.2, -0.15) is 0 Å². The first-order valence-corrected chi connectivity index (χ1v) is 6.15. The van der Waals surface area contributed by atoms with Crippen molar-refractivity contribution in [3.63, 3.8) is 0 Å². The van der Waals surface area contributed by atoms with E-state index in [1.165, 1.54) is 0 Å². The van der Waals surface area contributed by atoms with Crippen molar-refractivity contribution < 1.29 is 14.6 Å². The molecule has 3 rings (SSSR count). The van der Waals surface area contributed by atoms with Crippen molar-refractivity contribution in [2.75, 3.05) is 0 Å². The van der Waals surface area contributed by atoms with Crippen LogP contribution < -0.4 is 0 Å². The largest absolute Gasteiger partial charge is 0.481 e. The van der Waals surface area contributed by atoms with Crippen LogP contribution in [0.25, 0.3) is 0 Å². The summed E-state index contributed by atoms with van der Waals surface area (Å²) in [7, 11) is 0. The minimum atomic E-state index is -0.624. The Morgan fingerprint density at radius 2 is 1.88 bits per heavy atom. The number of carboxylic acid groups (broad SMARTS) is 1. The molecule has 0 amide bonds. The number of carboxylic acids is 1. The summed E-state index contributed by atoms with van der Waals surface area (Å²) in [6.45, 7) is 8.56. The maximum Gasteiger partial charge on any atom is 0.310 e. The molecule has 1 N–H and O–H groups in total. The van der Waals surface area contributed by atoms with Gasteiger partial charge in [-0.25, -0.2) is 0 Å². The molecule has 1 heterocycles. The van der Waals surface area contributed by atoms with E-state index in [1.807, 2.05) is 0 Å². The number of aliphatic carboxylic acids is 1. The van der Waals surface area contributed by atoms with E-state index in [0.717, 1.165) is 12.8 Å². The van der Waals surface area contributed by atoms with E-state index in [-0.39, 0.29) is 22.5 Å². The monoisotopic (exact) mass is 224 g/mol. The van der Waals surface area contributed by atoms with Crippen LogP contribution >= 0.6 is 0 Å². The van der Waals surface area contributed by atoms with Crippen LogP contribution in [0.15, 0.2) is 0 Å². The molecule has 2 saturated carbocycles. The number of fused-ring (bicyclic) bond motifs is 3. The average molecular weight is 224 g/mol. The lowest BCUT2D eigenvalue weighted by Crippen LogP contribution is -2.41. The Balaban J connectivity index is 2.17. The van der Waals surface area contributed by atoms with Crippen LogP contribution in [0.1, 0.15) is 47.0 Å². The van der Waals surface area contributed by atoms with Gasteiger partial charge in [0.05, 0.1) is 11.5 Å². The summed E-state index contributed by atoms with van der Waals surface area (Å²) in [4.78, 5) is 11.7. The minimum Gasteiger partial charge on any atom is -0.481 e. The Labute approximate surface area is 96.2 Å². The summed E-state index contributed by atoms with van der Waals surface area (Å²) >= 11 is 0. The molecular formula is C13H20O3. The van der Waals surface area contributed by atoms with Crippen LogP contribution in [0.2, 0.25) is 0 Å². The maximum absolute atomic E-state index is 11.7. The van der Waals surface area contributed by atoms with Crippen molar-refractivity contribution in [2.45, 2.75) is 58.7 Å². The Hall–Kier alpha value is -0.570. The van der Waals surface area contributed by atoms with Gasteiger partial charge < -0.3 is 9.84 Å². The third-order valence-electron chi connectivity index (χ3n) is 6.52. The first-order valence-electron chi connectivity index (χ1n) is 6.15. The van der Waals surface area contributed by atoms with E-state index in [0.29, 0.717) is 6.42 Å². The van der Waals surface area contributed by atoms with E-state index in [9.17, 15) is 9.90 Å². The van der Waals surface area contributed by atoms with Crippen molar-refractivity contribution in [1.82, 2.24) is 0 Å². The third-order valence-corrected chi connectivity index (χ3v) is 6.52. The molecule has 3 aliphatic rings. The highest BCUT2D eigenvalue weighted by molar-refractivity contribution is 5.78. The standard InChI is InChI=1S/C13H20O3/c1-8-13(16-8)7-12(9(14)15)6-5-11(13,4)10(12,2)3/h8H,5-7H2,1-4H3,(H,14,15). The molecule has 0 aromatic carbocycles. The normalized spacial score (nSPS) is 56.9. The van der Waals surface area contributed by atoms with Gasteiger partial charge in [0.2, 0.25) is 0 Å². The molecule has 0 radical (unpaired) electrons. The van der Waals surface area contributed by atoms with Gasteiger partial charge in [-0.1, -0.05) is 20.8 Å². The number of rotatable bonds is 1. The molecular weight excluding hydrogens is 204 g/mol. The van der Waals surface area contributed by atoms with Gasteiger partial charge in [0.1, 0.15) is 5.60 Å². The molecule has 16 heavy (non-hydrogen) atoms. The highest BCUT2D eigenvalue weighted by atomic mass is 16.6. The zero-order valence-corrected chi connectivity index (χ0v) is 10.5. The van der Waals surface area contributed by atoms with Gasteiger partial charge in [-0.05, 0) is 31.6 Å². The number of epoxide rings is 1. The molecule has 1 saturated heterocycles. The second kappa shape index (κ2) is 2.33. The molecule has 1 spiro atoms. The number of hydrogen-bond acceptors (Lipinski definition) is 2. The fourth-order valence-electron chi connectivity index (χ4n) is 4.81. The summed E-state index contributed by atoms with van der Waals surface area (Å²) in [5, 5.41) is 9.63. The Kier molecular flexibility index (Phi) is 1.54. The molecule has 2 aliphatic carbocycles. The van der Waals surface area contributed by atoms with E-state index in [2.05, 4.69) is 27.7 Å². The zero-order chi connectivity index (χ0) is 12.0. The van der Waals surface area contributed by atoms with Crippen molar-refractivity contribution in [2.24, 2.45) is 16.2 Å². The number of ether oxygens (including phenoxy) is 1. The van der Waals surface area contributed by atoms with Crippen LogP contribution in [0.3, 0.4) is 0 Å². The lowest BCUT2D eigenvalue weighted by Gasteiger charge is -2.39. The van der Waals surface area contributed by atoms with Gasteiger partial charge in [-0.15, -0.1) is 0 Å². The van der Waals surface area contributed by atoms with Crippen molar-refractivity contribution in [3.8, 4) is 0 Å². The Morgan fingerprint density at radius 3 is 2.19 bits per heavy atom. The van der Waals surface area contributed by atoms with E-state index < -0.39 is 11.4 Å². The second-order valence-corrected chi connectivity index (χ2v) is 6.67. The predicted molar refractivity (Wildman–Crippen MR) is 59.1 cm³/mol. The number of carbonyl (C=O) groups is 1. The van der Waals surface area contributed by atoms with Gasteiger partial charge in [0.15, 0.2) is 0 Å². The second-order valence-electron chi connectivity index (χ2n) is 6.67. The summed E-state index contributed by atoms with van der Waals surface area (Å²) in [6.07, 6.45) is 2.73. The van der Waals surface area contributed by atoms with E-state index in [4.69, 9.17) is 4.74 Å². The maximum atomic E-state index is 11.7. The average Bonchev–Trinajstić information content (AvgIpc) is 2.72.